The van der Waals surface area contributed by atoms with Crippen molar-refractivity contribution in [2.75, 3.05) is 6.61 Å². The molecule has 0 unspecified atom stereocenters. The van der Waals surface area contributed by atoms with Crippen molar-refractivity contribution in [2.24, 2.45) is 11.6 Å². The van der Waals surface area contributed by atoms with E-state index in [1.165, 1.54) is 5.01 Å². The van der Waals surface area contributed by atoms with Gasteiger partial charge in [-0.1, -0.05) is 12.1 Å². The van der Waals surface area contributed by atoms with Crippen molar-refractivity contribution in [2.45, 2.75) is 13.5 Å². The van der Waals surface area contributed by atoms with E-state index in [-0.39, 0.29) is 5.11 Å². The maximum Gasteiger partial charge on any atom is 0.180 e. The second-order valence-electron chi connectivity index (χ2n) is 3.04. The molecule has 0 aliphatic carbocycles. The summed E-state index contributed by atoms with van der Waals surface area (Å²) in [6, 6.07) is 7.66. The molecule has 1 aromatic carbocycles. The fourth-order valence-electron chi connectivity index (χ4n) is 1.13. The average Bonchev–Trinajstić information content (AvgIpc) is 2.21. The van der Waals surface area contributed by atoms with E-state index < -0.39 is 0 Å². The van der Waals surface area contributed by atoms with E-state index in [1.54, 1.807) is 0 Å². The van der Waals surface area contributed by atoms with Crippen molar-refractivity contribution in [1.29, 1.82) is 0 Å². The van der Waals surface area contributed by atoms with Crippen LogP contribution in [0.4, 0.5) is 0 Å². The number of ether oxygens (including phenoxy) is 1. The molecule has 0 fully saturated rings. The van der Waals surface area contributed by atoms with E-state index in [1.807, 2.05) is 31.2 Å². The third kappa shape index (κ3) is 3.73. The molecule has 1 rings (SSSR count). The summed E-state index contributed by atoms with van der Waals surface area (Å²) in [7, 11) is 0. The summed E-state index contributed by atoms with van der Waals surface area (Å²) in [4.78, 5) is 0. The second-order valence-corrected chi connectivity index (χ2v) is 3.46. The van der Waals surface area contributed by atoms with Crippen molar-refractivity contribution < 1.29 is 4.74 Å². The Bertz CT molecular complexity index is 326. The van der Waals surface area contributed by atoms with Gasteiger partial charge in [0.1, 0.15) is 5.75 Å². The molecule has 0 atom stereocenters. The lowest BCUT2D eigenvalue weighted by molar-refractivity contribution is 0.340. The Hall–Kier alpha value is -1.33. The summed E-state index contributed by atoms with van der Waals surface area (Å²) in [6.45, 7) is 3.11. The maximum atomic E-state index is 5.58. The van der Waals surface area contributed by atoms with Gasteiger partial charge >= 0.3 is 0 Å². The highest BCUT2D eigenvalue weighted by molar-refractivity contribution is 7.80. The molecule has 5 heteroatoms. The first kappa shape index (κ1) is 11.7. The van der Waals surface area contributed by atoms with Crippen LogP contribution in [0.15, 0.2) is 24.3 Å². The number of benzene rings is 1. The molecular formula is C10H15N3OS. The molecular weight excluding hydrogens is 210 g/mol. The first-order chi connectivity index (χ1) is 7.13. The number of thiocarbonyl (C=S) groups is 1. The Morgan fingerprint density at radius 3 is 2.47 bits per heavy atom. The van der Waals surface area contributed by atoms with E-state index in [0.29, 0.717) is 13.2 Å². The van der Waals surface area contributed by atoms with Gasteiger partial charge in [-0.05, 0) is 36.8 Å². The molecule has 0 heterocycles. The topological polar surface area (TPSA) is 64.5 Å². The van der Waals surface area contributed by atoms with Crippen LogP contribution in [-0.4, -0.2) is 16.7 Å². The standard InChI is InChI=1S/C10H15N3OS/c1-2-14-9-5-3-8(4-6-9)7-13(12)10(11)15/h3-6H,2,7,12H2,1H3,(H2,11,15). The zero-order valence-corrected chi connectivity index (χ0v) is 9.46. The third-order valence-corrected chi connectivity index (χ3v) is 2.10. The van der Waals surface area contributed by atoms with E-state index in [2.05, 4.69) is 0 Å². The van der Waals surface area contributed by atoms with Crippen LogP contribution in [0.3, 0.4) is 0 Å². The number of hydrogen-bond acceptors (Lipinski definition) is 3. The van der Waals surface area contributed by atoms with Gasteiger partial charge in [-0.15, -0.1) is 0 Å². The largest absolute Gasteiger partial charge is 0.494 e. The van der Waals surface area contributed by atoms with Gasteiger partial charge in [-0.3, -0.25) is 5.01 Å². The Balaban J connectivity index is 2.60. The van der Waals surface area contributed by atoms with Crippen molar-refractivity contribution in [3.05, 3.63) is 29.8 Å². The maximum absolute atomic E-state index is 5.58. The summed E-state index contributed by atoms with van der Waals surface area (Å²) in [5.41, 5.74) is 6.40. The zero-order chi connectivity index (χ0) is 11.3. The highest BCUT2D eigenvalue weighted by atomic mass is 32.1. The Kier molecular flexibility index (Phi) is 4.33. The second kappa shape index (κ2) is 5.53. The van der Waals surface area contributed by atoms with Crippen molar-refractivity contribution in [3.8, 4) is 5.75 Å². The molecule has 0 spiro atoms. The van der Waals surface area contributed by atoms with Gasteiger partial charge in [0, 0.05) is 0 Å². The molecule has 4 N–H and O–H groups in total. The molecule has 1 aromatic rings. The average molecular weight is 225 g/mol. The van der Waals surface area contributed by atoms with Crippen LogP contribution in [0.2, 0.25) is 0 Å². The molecule has 4 nitrogen and oxygen atoms in total. The minimum Gasteiger partial charge on any atom is -0.494 e. The normalized spacial score (nSPS) is 9.73. The summed E-state index contributed by atoms with van der Waals surface area (Å²) >= 11 is 4.74. The van der Waals surface area contributed by atoms with Crippen LogP contribution >= 0.6 is 12.2 Å². The van der Waals surface area contributed by atoms with Gasteiger partial charge in [0.25, 0.3) is 0 Å². The first-order valence-corrected chi connectivity index (χ1v) is 5.07. The SMILES string of the molecule is CCOc1ccc(CN(N)C(N)=S)cc1. The molecule has 0 saturated heterocycles. The predicted octanol–water partition coefficient (Wildman–Crippen LogP) is 1.00. The Morgan fingerprint density at radius 2 is 2.00 bits per heavy atom. The van der Waals surface area contributed by atoms with Crippen LogP contribution in [-0.2, 0) is 6.54 Å². The van der Waals surface area contributed by atoms with Gasteiger partial charge < -0.3 is 10.5 Å². The van der Waals surface area contributed by atoms with Gasteiger partial charge in [0.05, 0.1) is 13.2 Å². The predicted molar refractivity (Wildman–Crippen MR) is 64.1 cm³/mol. The van der Waals surface area contributed by atoms with E-state index >= 15 is 0 Å². The lowest BCUT2D eigenvalue weighted by Gasteiger charge is -2.16. The number of hydrazine groups is 1. The van der Waals surface area contributed by atoms with Gasteiger partial charge in [0.2, 0.25) is 0 Å². The first-order valence-electron chi connectivity index (χ1n) is 4.67. The summed E-state index contributed by atoms with van der Waals surface area (Å²) in [6.07, 6.45) is 0. The van der Waals surface area contributed by atoms with E-state index in [4.69, 9.17) is 28.5 Å². The quantitative estimate of drug-likeness (QED) is 0.455. The zero-order valence-electron chi connectivity index (χ0n) is 8.64. The van der Waals surface area contributed by atoms with Gasteiger partial charge in [-0.25, -0.2) is 5.84 Å². The van der Waals surface area contributed by atoms with Crippen molar-refractivity contribution in [3.63, 3.8) is 0 Å². The van der Waals surface area contributed by atoms with Gasteiger partial charge in [-0.2, -0.15) is 0 Å². The molecule has 0 aliphatic rings. The molecule has 0 bridgehead atoms. The van der Waals surface area contributed by atoms with Crippen molar-refractivity contribution >= 4 is 17.3 Å². The van der Waals surface area contributed by atoms with E-state index in [9.17, 15) is 0 Å². The highest BCUT2D eigenvalue weighted by Gasteiger charge is 2.01. The Morgan fingerprint density at radius 1 is 1.40 bits per heavy atom. The van der Waals surface area contributed by atoms with Crippen molar-refractivity contribution in [1.82, 2.24) is 5.01 Å². The van der Waals surface area contributed by atoms with E-state index in [0.717, 1.165) is 11.3 Å². The number of hydrogen-bond donors (Lipinski definition) is 2. The van der Waals surface area contributed by atoms with Crippen LogP contribution in [0, 0.1) is 0 Å². The number of nitrogens with zero attached hydrogens (tertiary/aromatic N) is 1. The lowest BCUT2D eigenvalue weighted by Crippen LogP contribution is -2.40. The summed E-state index contributed by atoms with van der Waals surface area (Å²) in [5, 5.41) is 1.51. The van der Waals surface area contributed by atoms with Gasteiger partial charge in [0.15, 0.2) is 5.11 Å². The lowest BCUT2D eigenvalue weighted by atomic mass is 10.2. The minimum atomic E-state index is 0.184. The smallest absolute Gasteiger partial charge is 0.180 e. The fraction of sp³-hybridized carbons (Fsp3) is 0.300. The highest BCUT2D eigenvalue weighted by Crippen LogP contribution is 2.12. The molecule has 0 aliphatic heterocycles. The molecule has 0 saturated carbocycles. The molecule has 15 heavy (non-hydrogen) atoms. The molecule has 0 radical (unpaired) electrons. The third-order valence-electron chi connectivity index (χ3n) is 1.87. The molecule has 0 aromatic heterocycles. The minimum absolute atomic E-state index is 0.184. The van der Waals surface area contributed by atoms with Crippen LogP contribution in [0.5, 0.6) is 5.75 Å². The molecule has 82 valence electrons. The van der Waals surface area contributed by atoms with Crippen LogP contribution in [0.1, 0.15) is 12.5 Å². The summed E-state index contributed by atoms with van der Waals surface area (Å²) < 4.78 is 5.32. The monoisotopic (exact) mass is 225 g/mol. The summed E-state index contributed by atoms with van der Waals surface area (Å²) in [5.74, 6) is 6.43. The van der Waals surface area contributed by atoms with Crippen LogP contribution < -0.4 is 16.3 Å². The molecule has 0 amide bonds. The number of rotatable bonds is 4. The van der Waals surface area contributed by atoms with Crippen LogP contribution in [0.25, 0.3) is 0 Å². The Labute approximate surface area is 94.8 Å². The fourth-order valence-corrected chi connectivity index (χ4v) is 1.20. The number of nitrogens with two attached hydrogens (primary N) is 2.